The van der Waals surface area contributed by atoms with E-state index in [1.165, 1.54) is 113 Å². The molecule has 4 aromatic carbocycles. The minimum Gasteiger partial charge on any atom is -0.508 e. The molecule has 0 unspecified atom stereocenters. The molecule has 0 aliphatic carbocycles. The van der Waals surface area contributed by atoms with Crippen molar-refractivity contribution >= 4 is 104 Å². The molecule has 9 atom stereocenters. The minimum atomic E-state index is -1.77. The van der Waals surface area contributed by atoms with E-state index >= 15 is 14.4 Å². The fourth-order valence-electron chi connectivity index (χ4n) is 12.5. The number of primary amides is 1. The number of amides is 10. The molecule has 29 heteroatoms. The molecule has 97 heavy (non-hydrogen) atoms. The van der Waals surface area contributed by atoms with Crippen molar-refractivity contribution in [1.29, 1.82) is 0 Å². The van der Waals surface area contributed by atoms with Gasteiger partial charge in [0.25, 0.3) is 0 Å². The van der Waals surface area contributed by atoms with E-state index in [4.69, 9.17) is 11.5 Å². The first-order chi connectivity index (χ1) is 46.5. The van der Waals surface area contributed by atoms with Crippen molar-refractivity contribution in [2.75, 3.05) is 37.7 Å². The first-order valence-electron chi connectivity index (χ1n) is 32.4. The predicted octanol–water partition coefficient (Wildman–Crippen LogP) is 2.62. The molecule has 2 aromatic heterocycles. The average Bonchev–Trinajstić information content (AvgIpc) is 1.74. The molecule has 6 aromatic rings. The predicted molar refractivity (Wildman–Crippen MR) is 362 cm³/mol. The molecule has 0 radical (unpaired) electrons. The van der Waals surface area contributed by atoms with Crippen LogP contribution in [0.3, 0.4) is 0 Å². The second kappa shape index (κ2) is 33.3. The number of nitrogens with zero attached hydrogens (tertiary/aromatic N) is 2. The zero-order valence-corrected chi connectivity index (χ0v) is 55.5. The Bertz CT molecular complexity index is 3870. The van der Waals surface area contributed by atoms with Crippen molar-refractivity contribution in [3.05, 3.63) is 137 Å². The highest BCUT2D eigenvalue weighted by Crippen LogP contribution is 2.32. The summed E-state index contributed by atoms with van der Waals surface area (Å²) in [6.07, 6.45) is 2.61. The number of halogens is 2. The molecule has 2 saturated heterocycles. The van der Waals surface area contributed by atoms with Gasteiger partial charge in [0.1, 0.15) is 65.2 Å². The fourth-order valence-corrected chi connectivity index (χ4v) is 14.4. The standard InChI is InChI=1S/C68H83F2N13O12S2/c1-38(84)59-64(92)79-53(27-39-12-16-46(85)17-13-39)66(94)83-24-7-21-68(83,2)67(95)80-55(60(72)88)37-97-36-41-9-5-8-40(26-41)35-96-25-20-57(86)76-51(10-3-4-22-71)61(89)75-34-58(87)77-52(28-42-32-73-49-18-14-44(69)30-47(42)49)62(90)78-54(65(93)82-23-6-11-56(82)63(91)81-59)29-43-33-74-50-19-15-45(70)31-48(43)50/h5,8-9,12-19,26,30-33,38,51-56,59,73-74,84-85H,3-4,6-7,10-11,20-25,27-29,34-37,71H2,1-2H3,(H2,72,88)(H,75,89)(H,76,86)(H,77,87)(H,78,90)(H,79,92)(H,80,95)(H,81,91)/t38-,51-,52-,53-,54-,55-,56-,59-,68-/m0/s1. The Morgan fingerprint density at radius 2 is 1.31 bits per heavy atom. The molecule has 15 N–H and O–H groups in total. The summed E-state index contributed by atoms with van der Waals surface area (Å²) in [4.78, 5) is 153. The number of nitrogens with two attached hydrogens (primary N) is 2. The summed E-state index contributed by atoms with van der Waals surface area (Å²) in [6.45, 7) is 2.41. The summed E-state index contributed by atoms with van der Waals surface area (Å²) >= 11 is 2.82. The number of benzene rings is 4. The van der Waals surface area contributed by atoms with Gasteiger partial charge in [-0.1, -0.05) is 36.4 Å². The molecule has 0 spiro atoms. The monoisotopic (exact) mass is 1380 g/mol. The van der Waals surface area contributed by atoms with E-state index in [-0.39, 0.29) is 76.0 Å². The Morgan fingerprint density at radius 3 is 1.96 bits per heavy atom. The van der Waals surface area contributed by atoms with Crippen molar-refractivity contribution < 1.29 is 66.9 Å². The van der Waals surface area contributed by atoms with Gasteiger partial charge in [-0.3, -0.25) is 47.9 Å². The van der Waals surface area contributed by atoms with E-state index in [0.717, 1.165) is 11.1 Å². The molecule has 2 fully saturated rings. The molecule has 25 nitrogen and oxygen atoms in total. The molecule has 518 valence electrons. The van der Waals surface area contributed by atoms with Crippen LogP contribution in [0.4, 0.5) is 8.78 Å². The number of aliphatic hydroxyl groups is 1. The highest BCUT2D eigenvalue weighted by Gasteiger charge is 2.49. The van der Waals surface area contributed by atoms with Gasteiger partial charge >= 0.3 is 0 Å². The van der Waals surface area contributed by atoms with E-state index < -0.39 is 131 Å². The normalized spacial score (nSPS) is 24.2. The van der Waals surface area contributed by atoms with Gasteiger partial charge in [-0.15, -0.1) is 0 Å². The van der Waals surface area contributed by atoms with E-state index in [2.05, 4.69) is 47.2 Å². The zero-order chi connectivity index (χ0) is 69.5. The van der Waals surface area contributed by atoms with Gasteiger partial charge in [-0.05, 0) is 142 Å². The number of fused-ring (bicyclic) bond motifs is 6. The number of carbonyl (C=O) groups excluding carboxylic acids is 10. The van der Waals surface area contributed by atoms with Gasteiger partial charge < -0.3 is 78.7 Å². The number of thioether (sulfide) groups is 2. The lowest BCUT2D eigenvalue weighted by Crippen LogP contribution is -2.64. The summed E-state index contributed by atoms with van der Waals surface area (Å²) < 4.78 is 29.8. The van der Waals surface area contributed by atoms with Crippen LogP contribution in [-0.2, 0) is 78.7 Å². The number of phenolic OH excluding ortho intramolecular Hbond substituents is 1. The quantitative estimate of drug-likeness (QED) is 0.0784. The number of hydrogen-bond donors (Lipinski definition) is 13. The number of aromatic hydroxyl groups is 1. The summed E-state index contributed by atoms with van der Waals surface area (Å²) in [7, 11) is 0. The van der Waals surface area contributed by atoms with Crippen molar-refractivity contribution in [3.63, 3.8) is 0 Å². The maximum Gasteiger partial charge on any atom is 0.246 e. The van der Waals surface area contributed by atoms with Crippen LogP contribution in [0.1, 0.15) is 93.0 Å². The third kappa shape index (κ3) is 18.7. The molecule has 3 aliphatic heterocycles. The molecule has 2 bridgehead atoms. The fraction of sp³-hybridized carbons (Fsp3) is 0.441. The second-order valence-electron chi connectivity index (χ2n) is 25.0. The number of aromatic nitrogens is 2. The van der Waals surface area contributed by atoms with E-state index in [1.807, 2.05) is 24.3 Å². The van der Waals surface area contributed by atoms with Gasteiger partial charge in [-0.2, -0.15) is 23.5 Å². The van der Waals surface area contributed by atoms with E-state index in [0.29, 0.717) is 81.6 Å². The highest BCUT2D eigenvalue weighted by atomic mass is 32.2. The molecular formula is C68H83F2N13O12S2. The lowest BCUT2D eigenvalue weighted by Gasteiger charge is -2.37. The first kappa shape index (κ1) is 72.2. The number of unbranched alkanes of at least 4 members (excludes halogenated alkanes) is 1. The lowest BCUT2D eigenvalue weighted by atomic mass is 9.95. The van der Waals surface area contributed by atoms with Crippen LogP contribution in [-0.4, -0.2) is 181 Å². The number of nitrogens with one attached hydrogen (secondary N) is 9. The number of rotatable bonds is 12. The minimum absolute atomic E-state index is 0.0313. The van der Waals surface area contributed by atoms with E-state index in [1.54, 1.807) is 6.92 Å². The van der Waals surface area contributed by atoms with Crippen LogP contribution < -0.4 is 48.7 Å². The van der Waals surface area contributed by atoms with Gasteiger partial charge in [0.05, 0.1) is 12.6 Å². The Morgan fingerprint density at radius 1 is 0.680 bits per heavy atom. The van der Waals surface area contributed by atoms with Crippen LogP contribution in [0.15, 0.2) is 97.3 Å². The summed E-state index contributed by atoms with van der Waals surface area (Å²) in [6, 6.07) is 11.5. The molecule has 10 amide bonds. The molecular weight excluding hydrogens is 1290 g/mol. The van der Waals surface area contributed by atoms with Gasteiger partial charge in [0, 0.05) is 96.0 Å². The molecule has 9 rings (SSSR count). The lowest BCUT2D eigenvalue weighted by molar-refractivity contribution is -0.147. The van der Waals surface area contributed by atoms with Gasteiger partial charge in [-0.25, -0.2) is 8.78 Å². The SMILES string of the molecule is C[C@H](O)[C@@H]1NC(=O)[C@@H]2CCCN2C(=O)[C@H](Cc2c[nH]c3ccc(F)cc23)NC(=O)[C@H](Cc2c[nH]c3ccc(F)cc23)NC(=O)CNC(=O)[C@H](CCCCN)NC(=O)CCSCc2cccc(c2)CSC[C@@H](C(N)=O)NC(=O)[C@]2(C)CCCN2C(=O)[C@H](Cc2ccc(O)cc2)NC1=O. The third-order valence-electron chi connectivity index (χ3n) is 17.8. The Balaban J connectivity index is 1.03. The largest absolute Gasteiger partial charge is 0.508 e. The van der Waals surface area contributed by atoms with Crippen LogP contribution in [0.25, 0.3) is 21.8 Å². The number of hydrogen-bond acceptors (Lipinski definition) is 15. The van der Waals surface area contributed by atoms with Crippen molar-refractivity contribution in [1.82, 2.24) is 57.0 Å². The second-order valence-corrected chi connectivity index (χ2v) is 27.1. The van der Waals surface area contributed by atoms with Crippen molar-refractivity contribution in [3.8, 4) is 5.75 Å². The highest BCUT2D eigenvalue weighted by molar-refractivity contribution is 7.98. The summed E-state index contributed by atoms with van der Waals surface area (Å²) in [5.74, 6) is -7.75. The first-order valence-corrected chi connectivity index (χ1v) is 34.7. The molecule has 3 aliphatic rings. The van der Waals surface area contributed by atoms with E-state index in [9.17, 15) is 52.6 Å². The average molecular weight is 1380 g/mol. The van der Waals surface area contributed by atoms with Crippen molar-refractivity contribution in [2.45, 2.75) is 150 Å². The number of H-pyrrole nitrogens is 2. The Labute approximate surface area is 567 Å². The van der Waals surface area contributed by atoms with Crippen LogP contribution in [0.5, 0.6) is 5.75 Å². The van der Waals surface area contributed by atoms with Crippen LogP contribution >= 0.6 is 23.5 Å². The summed E-state index contributed by atoms with van der Waals surface area (Å²) in [5, 5.41) is 41.1. The molecule has 0 saturated carbocycles. The number of carbonyl (C=O) groups is 10. The smallest absolute Gasteiger partial charge is 0.246 e. The maximum absolute atomic E-state index is 15.4. The Kier molecular flexibility index (Phi) is 24.8. The van der Waals surface area contributed by atoms with Gasteiger partial charge in [0.2, 0.25) is 59.1 Å². The van der Waals surface area contributed by atoms with Crippen LogP contribution in [0, 0.1) is 11.6 Å². The van der Waals surface area contributed by atoms with Gasteiger partial charge in [0.15, 0.2) is 0 Å². The maximum atomic E-state index is 15.4. The number of phenols is 1. The zero-order valence-electron chi connectivity index (χ0n) is 53.9. The number of aliphatic hydroxyl groups excluding tert-OH is 1. The summed E-state index contributed by atoms with van der Waals surface area (Å²) in [5.41, 5.74) is 14.1. The van der Waals surface area contributed by atoms with Crippen LogP contribution in [0.2, 0.25) is 0 Å². The molecule has 5 heterocycles. The van der Waals surface area contributed by atoms with Crippen molar-refractivity contribution in [2.24, 2.45) is 11.5 Å². The Hall–Kier alpha value is -9.06. The third-order valence-corrected chi connectivity index (χ3v) is 20.0. The topological polar surface area (TPSA) is 385 Å². The number of aromatic amines is 2.